The first-order valence-electron chi connectivity index (χ1n) is 5.80. The molecule has 0 aliphatic carbocycles. The molecule has 2 heterocycles. The van der Waals surface area contributed by atoms with Crippen molar-refractivity contribution in [3.8, 4) is 0 Å². The van der Waals surface area contributed by atoms with Crippen molar-refractivity contribution in [3.05, 3.63) is 29.8 Å². The monoisotopic (exact) mass is 219 g/mol. The van der Waals surface area contributed by atoms with Crippen molar-refractivity contribution in [1.29, 1.82) is 0 Å². The first kappa shape index (κ1) is 10.9. The van der Waals surface area contributed by atoms with Gasteiger partial charge in [0.25, 0.3) is 0 Å². The number of tetrazole rings is 1. The summed E-state index contributed by atoms with van der Waals surface area (Å²) in [5.74, 6) is 0.823. The van der Waals surface area contributed by atoms with Gasteiger partial charge in [0.1, 0.15) is 0 Å². The first-order valence-corrected chi connectivity index (χ1v) is 5.80. The molecule has 5 heteroatoms. The molecule has 0 saturated heterocycles. The van der Waals surface area contributed by atoms with E-state index < -0.39 is 0 Å². The lowest BCUT2D eigenvalue weighted by Gasteiger charge is -1.98. The average molecular weight is 219 g/mol. The highest BCUT2D eigenvalue weighted by Crippen LogP contribution is 2.07. The van der Waals surface area contributed by atoms with Crippen molar-refractivity contribution in [2.45, 2.75) is 38.5 Å². The van der Waals surface area contributed by atoms with Gasteiger partial charge in [-0.25, -0.2) is 0 Å². The third kappa shape index (κ3) is 3.49. The SMILES string of the molecule is c1c[nH]c(CCCCCCc2nn[nH]n2)c1. The number of hydrogen-bond donors (Lipinski definition) is 2. The lowest BCUT2D eigenvalue weighted by Crippen LogP contribution is -1.90. The predicted octanol–water partition coefficient (Wildman–Crippen LogP) is 1.87. The number of aryl methyl sites for hydroxylation is 2. The average Bonchev–Trinajstić information content (AvgIpc) is 2.96. The molecule has 0 saturated carbocycles. The van der Waals surface area contributed by atoms with Gasteiger partial charge in [-0.3, -0.25) is 0 Å². The summed E-state index contributed by atoms with van der Waals surface area (Å²) in [7, 11) is 0. The molecular formula is C11H17N5. The summed E-state index contributed by atoms with van der Waals surface area (Å²) in [4.78, 5) is 3.22. The Morgan fingerprint density at radius 3 is 2.62 bits per heavy atom. The Kier molecular flexibility index (Phi) is 4.10. The Morgan fingerprint density at radius 1 is 1.06 bits per heavy atom. The fourth-order valence-electron chi connectivity index (χ4n) is 1.76. The topological polar surface area (TPSA) is 70.2 Å². The van der Waals surface area contributed by atoms with E-state index in [0.717, 1.165) is 25.1 Å². The van der Waals surface area contributed by atoms with E-state index in [1.807, 2.05) is 12.3 Å². The maximum atomic E-state index is 3.92. The van der Waals surface area contributed by atoms with Gasteiger partial charge in [0, 0.05) is 18.3 Å². The van der Waals surface area contributed by atoms with Crippen molar-refractivity contribution < 1.29 is 0 Å². The molecule has 0 fully saturated rings. The molecule has 2 aromatic rings. The quantitative estimate of drug-likeness (QED) is 0.698. The number of hydrogen-bond acceptors (Lipinski definition) is 3. The van der Waals surface area contributed by atoms with Gasteiger partial charge < -0.3 is 4.98 Å². The van der Waals surface area contributed by atoms with E-state index in [0.29, 0.717) is 0 Å². The number of unbranched alkanes of at least 4 members (excludes halogenated alkanes) is 3. The predicted molar refractivity (Wildman–Crippen MR) is 60.8 cm³/mol. The summed E-state index contributed by atoms with van der Waals surface area (Å²) in [5.41, 5.74) is 1.33. The highest BCUT2D eigenvalue weighted by Gasteiger charge is 1.98. The van der Waals surface area contributed by atoms with E-state index in [9.17, 15) is 0 Å². The van der Waals surface area contributed by atoms with Gasteiger partial charge in [0.2, 0.25) is 0 Å². The molecule has 16 heavy (non-hydrogen) atoms. The highest BCUT2D eigenvalue weighted by molar-refractivity contribution is 5.03. The largest absolute Gasteiger partial charge is 0.365 e. The fraction of sp³-hybridized carbons (Fsp3) is 0.545. The van der Waals surface area contributed by atoms with Crippen LogP contribution in [0.1, 0.15) is 37.2 Å². The van der Waals surface area contributed by atoms with E-state index >= 15 is 0 Å². The summed E-state index contributed by atoms with van der Waals surface area (Å²) in [6.45, 7) is 0. The molecule has 0 amide bonds. The van der Waals surface area contributed by atoms with Crippen molar-refractivity contribution in [2.75, 3.05) is 0 Å². The Hall–Kier alpha value is -1.65. The molecule has 0 aromatic carbocycles. The van der Waals surface area contributed by atoms with Gasteiger partial charge in [0.15, 0.2) is 5.82 Å². The lowest BCUT2D eigenvalue weighted by molar-refractivity contribution is 0.627. The smallest absolute Gasteiger partial charge is 0.174 e. The maximum absolute atomic E-state index is 3.92. The van der Waals surface area contributed by atoms with Gasteiger partial charge in [-0.15, -0.1) is 10.2 Å². The van der Waals surface area contributed by atoms with E-state index in [2.05, 4.69) is 31.7 Å². The van der Waals surface area contributed by atoms with Crippen LogP contribution in [0.5, 0.6) is 0 Å². The third-order valence-electron chi connectivity index (χ3n) is 2.65. The maximum Gasteiger partial charge on any atom is 0.174 e. The van der Waals surface area contributed by atoms with Gasteiger partial charge in [-0.05, 0) is 31.4 Å². The molecule has 0 spiro atoms. The Bertz CT molecular complexity index is 327. The zero-order valence-corrected chi connectivity index (χ0v) is 9.32. The van der Waals surface area contributed by atoms with Crippen molar-refractivity contribution in [2.24, 2.45) is 0 Å². The Labute approximate surface area is 94.7 Å². The van der Waals surface area contributed by atoms with Crippen LogP contribution in [0.2, 0.25) is 0 Å². The molecule has 0 aliphatic heterocycles. The molecule has 2 aromatic heterocycles. The fourth-order valence-corrected chi connectivity index (χ4v) is 1.76. The minimum absolute atomic E-state index is 0.823. The van der Waals surface area contributed by atoms with Crippen LogP contribution >= 0.6 is 0 Å². The van der Waals surface area contributed by atoms with Crippen LogP contribution in [0.3, 0.4) is 0 Å². The lowest BCUT2D eigenvalue weighted by atomic mass is 10.1. The van der Waals surface area contributed by atoms with Gasteiger partial charge in [0.05, 0.1) is 0 Å². The van der Waals surface area contributed by atoms with Crippen molar-refractivity contribution >= 4 is 0 Å². The summed E-state index contributed by atoms with van der Waals surface area (Å²) in [6.07, 6.45) is 8.93. The number of rotatable bonds is 7. The molecule has 5 nitrogen and oxygen atoms in total. The zero-order valence-electron chi connectivity index (χ0n) is 9.32. The number of aromatic amines is 2. The molecule has 2 N–H and O–H groups in total. The second-order valence-corrected chi connectivity index (χ2v) is 3.94. The van der Waals surface area contributed by atoms with Crippen molar-refractivity contribution in [1.82, 2.24) is 25.6 Å². The summed E-state index contributed by atoms with van der Waals surface area (Å²) in [6, 6.07) is 4.19. The van der Waals surface area contributed by atoms with Crippen LogP contribution < -0.4 is 0 Å². The van der Waals surface area contributed by atoms with Crippen LogP contribution in [0.15, 0.2) is 18.3 Å². The van der Waals surface area contributed by atoms with Gasteiger partial charge in [-0.1, -0.05) is 18.1 Å². The van der Waals surface area contributed by atoms with Gasteiger partial charge >= 0.3 is 0 Å². The van der Waals surface area contributed by atoms with E-state index in [1.165, 1.54) is 25.0 Å². The van der Waals surface area contributed by atoms with Crippen molar-refractivity contribution in [3.63, 3.8) is 0 Å². The van der Waals surface area contributed by atoms with E-state index in [-0.39, 0.29) is 0 Å². The molecule has 0 radical (unpaired) electrons. The molecule has 0 aliphatic rings. The van der Waals surface area contributed by atoms with Gasteiger partial charge in [-0.2, -0.15) is 5.21 Å². The summed E-state index contributed by atoms with van der Waals surface area (Å²) in [5, 5.41) is 13.8. The van der Waals surface area contributed by atoms with E-state index in [1.54, 1.807) is 0 Å². The molecule has 2 rings (SSSR count). The normalized spacial score (nSPS) is 10.8. The number of nitrogens with zero attached hydrogens (tertiary/aromatic N) is 3. The van der Waals surface area contributed by atoms with Crippen LogP contribution in [-0.2, 0) is 12.8 Å². The molecule has 0 unspecified atom stereocenters. The van der Waals surface area contributed by atoms with Crippen LogP contribution in [-0.4, -0.2) is 25.6 Å². The molecular weight excluding hydrogens is 202 g/mol. The van der Waals surface area contributed by atoms with Crippen LogP contribution in [0.4, 0.5) is 0 Å². The standard InChI is InChI=1S/C11H17N5/c1(3-6-10-7-5-9-12-10)2-4-8-11-13-15-16-14-11/h5,7,9,12H,1-4,6,8H2,(H,13,14,15,16). The number of aromatic nitrogens is 5. The minimum Gasteiger partial charge on any atom is -0.365 e. The zero-order chi connectivity index (χ0) is 11.1. The summed E-state index contributed by atoms with van der Waals surface area (Å²) >= 11 is 0. The molecule has 0 bridgehead atoms. The first-order chi connectivity index (χ1) is 7.95. The minimum atomic E-state index is 0.823. The Balaban J connectivity index is 1.49. The number of H-pyrrole nitrogens is 2. The Morgan fingerprint density at radius 2 is 1.94 bits per heavy atom. The second kappa shape index (κ2) is 6.05. The van der Waals surface area contributed by atoms with Crippen LogP contribution in [0, 0.1) is 0 Å². The summed E-state index contributed by atoms with van der Waals surface area (Å²) < 4.78 is 0. The highest BCUT2D eigenvalue weighted by atomic mass is 15.5. The molecule has 86 valence electrons. The van der Waals surface area contributed by atoms with Crippen LogP contribution in [0.25, 0.3) is 0 Å². The number of nitrogens with one attached hydrogen (secondary N) is 2. The third-order valence-corrected chi connectivity index (χ3v) is 2.65. The van der Waals surface area contributed by atoms with E-state index in [4.69, 9.17) is 0 Å². The second-order valence-electron chi connectivity index (χ2n) is 3.94. The molecule has 0 atom stereocenters.